The molecule has 1 amide bonds. The average Bonchev–Trinajstić information content (AvgIpc) is 3.33. The molecule has 200 valence electrons. The van der Waals surface area contributed by atoms with Crippen LogP contribution in [0.3, 0.4) is 0 Å². The van der Waals surface area contributed by atoms with Gasteiger partial charge in [-0.1, -0.05) is 31.2 Å². The lowest BCUT2D eigenvalue weighted by atomic mass is 10.0. The summed E-state index contributed by atoms with van der Waals surface area (Å²) < 4.78 is 38.2. The molecule has 1 aliphatic heterocycles. The number of aryl methyl sites for hydroxylation is 1. The zero-order chi connectivity index (χ0) is 27.1. The second-order valence-electron chi connectivity index (χ2n) is 9.21. The number of ether oxygens (including phenoxy) is 2. The van der Waals surface area contributed by atoms with Gasteiger partial charge in [-0.15, -0.1) is 0 Å². The Kier molecular flexibility index (Phi) is 9.04. The van der Waals surface area contributed by atoms with E-state index in [4.69, 9.17) is 15.2 Å². The number of benzene rings is 3. The van der Waals surface area contributed by atoms with Gasteiger partial charge in [0.15, 0.2) is 0 Å². The van der Waals surface area contributed by atoms with E-state index in [2.05, 4.69) is 24.4 Å². The van der Waals surface area contributed by atoms with E-state index in [-0.39, 0.29) is 18.5 Å². The molecule has 1 aliphatic rings. The average molecular weight is 524 g/mol. The lowest BCUT2D eigenvalue weighted by molar-refractivity contribution is 0.0238. The van der Waals surface area contributed by atoms with Gasteiger partial charge in [0.05, 0.1) is 12.1 Å². The van der Waals surface area contributed by atoms with E-state index in [1.807, 2.05) is 12.1 Å². The Balaban J connectivity index is 1.45. The number of nitrogens with one attached hydrogen (secondary N) is 1. The van der Waals surface area contributed by atoms with Crippen LogP contribution in [-0.4, -0.2) is 43.9 Å². The molecule has 3 N–H and O–H groups in total. The molecule has 38 heavy (non-hydrogen) atoms. The lowest BCUT2D eigenvalue weighted by Crippen LogP contribution is -2.46. The van der Waals surface area contributed by atoms with Gasteiger partial charge < -0.3 is 20.5 Å². The van der Waals surface area contributed by atoms with Crippen molar-refractivity contribution in [1.82, 2.24) is 5.32 Å². The summed E-state index contributed by atoms with van der Waals surface area (Å²) in [7, 11) is 0. The second kappa shape index (κ2) is 12.6. The summed E-state index contributed by atoms with van der Waals surface area (Å²) in [5.41, 5.74) is 9.95. The molecule has 0 aliphatic carbocycles. The van der Waals surface area contributed by atoms with Crippen LogP contribution < -0.4 is 16.0 Å². The first-order valence-electron chi connectivity index (χ1n) is 12.6. The summed E-state index contributed by atoms with van der Waals surface area (Å²) in [6.45, 7) is 3.60. The number of esters is 1. The van der Waals surface area contributed by atoms with Gasteiger partial charge >= 0.3 is 12.1 Å². The third-order valence-electron chi connectivity index (χ3n) is 6.38. The van der Waals surface area contributed by atoms with Gasteiger partial charge in [-0.2, -0.15) is 0 Å². The first kappa shape index (κ1) is 27.2. The SMILES string of the molecule is CCc1cccc(CNC[C@@H](OC(=O)c2ccc(N3CCOC3=O)cc2)[C@@H](N)Cc2cc(F)cc(F)c2)c1. The molecule has 0 saturated carbocycles. The van der Waals surface area contributed by atoms with Crippen LogP contribution in [0.25, 0.3) is 0 Å². The normalized spacial score (nSPS) is 14.7. The number of halogens is 2. The van der Waals surface area contributed by atoms with Crippen LogP contribution >= 0.6 is 0 Å². The largest absolute Gasteiger partial charge is 0.456 e. The molecular formula is C29H31F2N3O4. The van der Waals surface area contributed by atoms with Gasteiger partial charge in [-0.3, -0.25) is 4.90 Å². The number of rotatable bonds is 11. The first-order chi connectivity index (χ1) is 18.3. The molecule has 1 saturated heterocycles. The van der Waals surface area contributed by atoms with E-state index < -0.39 is 35.8 Å². The number of hydrogen-bond acceptors (Lipinski definition) is 6. The quantitative estimate of drug-likeness (QED) is 0.363. The Morgan fingerprint density at radius 3 is 2.42 bits per heavy atom. The third kappa shape index (κ3) is 7.14. The molecule has 3 aromatic carbocycles. The second-order valence-corrected chi connectivity index (χ2v) is 9.21. The van der Waals surface area contributed by atoms with Gasteiger partial charge in [-0.05, 0) is 65.9 Å². The highest BCUT2D eigenvalue weighted by atomic mass is 19.1. The summed E-state index contributed by atoms with van der Waals surface area (Å²) in [5.74, 6) is -1.99. The minimum absolute atomic E-state index is 0.107. The predicted octanol–water partition coefficient (Wildman–Crippen LogP) is 4.37. The fourth-order valence-electron chi connectivity index (χ4n) is 4.34. The fourth-order valence-corrected chi connectivity index (χ4v) is 4.34. The molecule has 0 unspecified atom stereocenters. The highest BCUT2D eigenvalue weighted by Crippen LogP contribution is 2.20. The number of anilines is 1. The number of carbonyl (C=O) groups is 2. The Morgan fingerprint density at radius 2 is 1.76 bits per heavy atom. The van der Waals surface area contributed by atoms with Crippen molar-refractivity contribution in [2.24, 2.45) is 5.73 Å². The van der Waals surface area contributed by atoms with Crippen molar-refractivity contribution in [3.8, 4) is 0 Å². The van der Waals surface area contributed by atoms with Crippen LogP contribution in [0.15, 0.2) is 66.7 Å². The molecule has 1 heterocycles. The summed E-state index contributed by atoms with van der Waals surface area (Å²) in [5, 5.41) is 3.29. The van der Waals surface area contributed by atoms with E-state index in [1.165, 1.54) is 22.6 Å². The molecular weight excluding hydrogens is 492 g/mol. The van der Waals surface area contributed by atoms with Crippen LogP contribution in [0, 0.1) is 11.6 Å². The number of carbonyl (C=O) groups excluding carboxylic acids is 2. The molecule has 0 spiro atoms. The third-order valence-corrected chi connectivity index (χ3v) is 6.38. The van der Waals surface area contributed by atoms with Gasteiger partial charge in [0.1, 0.15) is 24.3 Å². The number of hydrogen-bond donors (Lipinski definition) is 2. The molecule has 1 fully saturated rings. The minimum Gasteiger partial charge on any atom is -0.456 e. The maximum absolute atomic E-state index is 13.7. The standard InChI is InChI=1S/C29H31F2N3O4/c1-2-19-4-3-5-20(12-19)17-33-18-27(26(32)15-21-13-23(30)16-24(31)14-21)38-28(35)22-6-8-25(9-7-22)34-10-11-37-29(34)36/h3-9,12-14,16,26-27,33H,2,10-11,15,17-18,32H2,1H3/t26-,27+/m0/s1. The number of cyclic esters (lactones) is 1. The van der Waals surface area contributed by atoms with Crippen molar-refractivity contribution in [2.45, 2.75) is 38.5 Å². The summed E-state index contributed by atoms with van der Waals surface area (Å²) in [6.07, 6.45) is -0.191. The smallest absolute Gasteiger partial charge is 0.414 e. The molecule has 7 nitrogen and oxygen atoms in total. The van der Waals surface area contributed by atoms with Crippen LogP contribution in [0.2, 0.25) is 0 Å². The summed E-state index contributed by atoms with van der Waals surface area (Å²) >= 11 is 0. The Bertz CT molecular complexity index is 1250. The molecule has 4 rings (SSSR count). The molecule has 3 aromatic rings. The van der Waals surface area contributed by atoms with Crippen LogP contribution in [-0.2, 0) is 28.9 Å². The van der Waals surface area contributed by atoms with Crippen molar-refractivity contribution in [3.63, 3.8) is 0 Å². The lowest BCUT2D eigenvalue weighted by Gasteiger charge is -2.25. The predicted molar refractivity (Wildman–Crippen MR) is 140 cm³/mol. The monoisotopic (exact) mass is 523 g/mol. The van der Waals surface area contributed by atoms with Gasteiger partial charge in [0.2, 0.25) is 0 Å². The molecule has 2 atom stereocenters. The van der Waals surface area contributed by atoms with Crippen LogP contribution in [0.4, 0.5) is 19.3 Å². The highest BCUT2D eigenvalue weighted by molar-refractivity contribution is 5.92. The molecule has 0 radical (unpaired) electrons. The Morgan fingerprint density at radius 1 is 1.05 bits per heavy atom. The first-order valence-corrected chi connectivity index (χ1v) is 12.6. The maximum Gasteiger partial charge on any atom is 0.414 e. The van der Waals surface area contributed by atoms with Gasteiger partial charge in [0.25, 0.3) is 0 Å². The van der Waals surface area contributed by atoms with E-state index >= 15 is 0 Å². The van der Waals surface area contributed by atoms with Crippen LogP contribution in [0.5, 0.6) is 0 Å². The number of nitrogens with two attached hydrogens (primary N) is 1. The number of nitrogens with zero attached hydrogens (tertiary/aromatic N) is 1. The topological polar surface area (TPSA) is 93.9 Å². The minimum atomic E-state index is -0.781. The van der Waals surface area contributed by atoms with Crippen molar-refractivity contribution < 1.29 is 27.8 Å². The molecule has 0 aromatic heterocycles. The highest BCUT2D eigenvalue weighted by Gasteiger charge is 2.26. The van der Waals surface area contributed by atoms with Crippen molar-refractivity contribution in [1.29, 1.82) is 0 Å². The Hall–Kier alpha value is -3.82. The van der Waals surface area contributed by atoms with Gasteiger partial charge in [0, 0.05) is 30.9 Å². The van der Waals surface area contributed by atoms with Gasteiger partial charge in [-0.25, -0.2) is 18.4 Å². The van der Waals surface area contributed by atoms with E-state index in [1.54, 1.807) is 24.3 Å². The van der Waals surface area contributed by atoms with E-state index in [0.29, 0.717) is 30.9 Å². The van der Waals surface area contributed by atoms with Crippen LogP contribution in [0.1, 0.15) is 34.0 Å². The zero-order valence-electron chi connectivity index (χ0n) is 21.2. The summed E-state index contributed by atoms with van der Waals surface area (Å²) in [4.78, 5) is 26.3. The van der Waals surface area contributed by atoms with E-state index in [0.717, 1.165) is 18.1 Å². The molecule has 9 heteroatoms. The van der Waals surface area contributed by atoms with E-state index in [9.17, 15) is 18.4 Å². The fraction of sp³-hybridized carbons (Fsp3) is 0.310. The summed E-state index contributed by atoms with van der Waals surface area (Å²) in [6, 6.07) is 17.1. The maximum atomic E-state index is 13.7. The van der Waals surface area contributed by atoms with Crippen molar-refractivity contribution >= 4 is 17.7 Å². The van der Waals surface area contributed by atoms with Crippen molar-refractivity contribution in [3.05, 3.63) is 101 Å². The zero-order valence-corrected chi connectivity index (χ0v) is 21.2. The number of amides is 1. The Labute approximate surface area is 220 Å². The van der Waals surface area contributed by atoms with Crippen molar-refractivity contribution in [2.75, 3.05) is 24.6 Å². The molecule has 0 bridgehead atoms.